The van der Waals surface area contributed by atoms with E-state index in [2.05, 4.69) is 101 Å². The summed E-state index contributed by atoms with van der Waals surface area (Å²) in [6, 6.07) is 13.8. The highest BCUT2D eigenvalue weighted by Crippen LogP contribution is 2.41. The second-order valence-electron chi connectivity index (χ2n) is 9.43. The molecule has 1 heteroatoms. The van der Waals surface area contributed by atoms with Gasteiger partial charge >= 0.3 is 0 Å². The summed E-state index contributed by atoms with van der Waals surface area (Å²) < 4.78 is 0. The molecule has 3 rings (SSSR count). The average Bonchev–Trinajstić information content (AvgIpc) is 2.80. The topological polar surface area (TPSA) is 0 Å². The van der Waals surface area contributed by atoms with Crippen LogP contribution >= 0.6 is 0 Å². The maximum atomic E-state index is 3.89. The minimum atomic E-state index is 0.136. The fourth-order valence-electron chi connectivity index (χ4n) is 3.45. The van der Waals surface area contributed by atoms with Crippen LogP contribution in [0.2, 0.25) is 0 Å². The summed E-state index contributed by atoms with van der Waals surface area (Å²) in [5.74, 6) is 0. The van der Waals surface area contributed by atoms with Crippen LogP contribution in [0.25, 0.3) is 17.2 Å². The smallest absolute Gasteiger partial charge is 0.0392 e. The van der Waals surface area contributed by atoms with Gasteiger partial charge in [-0.25, -0.2) is 0 Å². The van der Waals surface area contributed by atoms with Gasteiger partial charge in [-0.2, -0.15) is 0 Å². The fourth-order valence-corrected chi connectivity index (χ4v) is 3.79. The zero-order valence-electron chi connectivity index (χ0n) is 16.6. The number of allylic oxidation sites excluding steroid dienone is 1. The molecule has 0 bridgehead atoms. The highest BCUT2D eigenvalue weighted by atomic mass is 28.1. The Morgan fingerprint density at radius 3 is 1.92 bits per heavy atom. The van der Waals surface area contributed by atoms with Crippen LogP contribution in [0.15, 0.2) is 42.0 Å². The molecule has 0 fully saturated rings. The summed E-state index contributed by atoms with van der Waals surface area (Å²) in [6.07, 6.45) is 2.34. The van der Waals surface area contributed by atoms with Gasteiger partial charge < -0.3 is 0 Å². The molecule has 2 aromatic rings. The van der Waals surface area contributed by atoms with E-state index in [9.17, 15) is 0 Å². The molecule has 0 saturated carbocycles. The molecule has 1 aliphatic carbocycles. The van der Waals surface area contributed by atoms with Gasteiger partial charge in [0.15, 0.2) is 0 Å². The summed E-state index contributed by atoms with van der Waals surface area (Å²) in [5.41, 5.74) is 10.2. The van der Waals surface area contributed by atoms with Gasteiger partial charge in [0.25, 0.3) is 0 Å². The maximum absolute atomic E-state index is 3.89. The molecule has 0 heterocycles. The predicted octanol–water partition coefficient (Wildman–Crippen LogP) is 6.58. The van der Waals surface area contributed by atoms with Crippen LogP contribution in [-0.4, -0.2) is 10.2 Å². The highest BCUT2D eigenvalue weighted by molar-refractivity contribution is 6.16. The molecule has 0 nitrogen and oxygen atoms in total. The van der Waals surface area contributed by atoms with E-state index >= 15 is 0 Å². The van der Waals surface area contributed by atoms with Gasteiger partial charge in [-0.05, 0) is 56.7 Å². The van der Waals surface area contributed by atoms with Crippen LogP contribution in [0, 0.1) is 0 Å². The van der Waals surface area contributed by atoms with E-state index in [1.54, 1.807) is 0 Å². The third-order valence-electron chi connectivity index (χ3n) is 5.25. The molecule has 25 heavy (non-hydrogen) atoms. The Labute approximate surface area is 156 Å². The van der Waals surface area contributed by atoms with Crippen LogP contribution in [0.3, 0.4) is 0 Å². The van der Waals surface area contributed by atoms with Crippen LogP contribution in [0.4, 0.5) is 0 Å². The van der Waals surface area contributed by atoms with Gasteiger partial charge in [-0.1, -0.05) is 89.6 Å². The highest BCUT2D eigenvalue weighted by Gasteiger charge is 2.24. The molecular formula is C24H29Si. The van der Waals surface area contributed by atoms with Crippen LogP contribution in [0.5, 0.6) is 0 Å². The number of hydrogen-bond acceptors (Lipinski definition) is 0. The van der Waals surface area contributed by atoms with Crippen molar-refractivity contribution in [1.29, 1.82) is 0 Å². The normalized spacial score (nSPS) is 17.4. The van der Waals surface area contributed by atoms with E-state index in [0.29, 0.717) is 5.54 Å². The third kappa shape index (κ3) is 3.39. The number of fused-ring (bicyclic) bond motifs is 1. The molecule has 0 aliphatic heterocycles. The third-order valence-corrected chi connectivity index (χ3v) is 6.02. The lowest BCUT2D eigenvalue weighted by molar-refractivity contribution is 0.569. The van der Waals surface area contributed by atoms with Gasteiger partial charge in [0.05, 0.1) is 0 Å². The Morgan fingerprint density at radius 2 is 1.40 bits per heavy atom. The molecule has 129 valence electrons. The molecule has 0 amide bonds. The first-order valence-electron chi connectivity index (χ1n) is 9.17. The van der Waals surface area contributed by atoms with Crippen molar-refractivity contribution in [2.75, 3.05) is 0 Å². The summed E-state index contributed by atoms with van der Waals surface area (Å²) in [6.45, 7) is 16.0. The van der Waals surface area contributed by atoms with Gasteiger partial charge in [0, 0.05) is 10.2 Å². The summed E-state index contributed by atoms with van der Waals surface area (Å²) in [5, 5.41) is 0. The Kier molecular flexibility index (Phi) is 4.35. The van der Waals surface area contributed by atoms with E-state index < -0.39 is 0 Å². The standard InChI is InChI=1S/C24H29Si/c1-15-11-21-19(9-8-10-20(21)22(15)25)16-12-17(23(2,3)4)14-18(13-16)24(5,6)7/h8-14,22H,1-7H3. The summed E-state index contributed by atoms with van der Waals surface area (Å²) in [7, 11) is 3.89. The number of rotatable bonds is 1. The van der Waals surface area contributed by atoms with Crippen LogP contribution in [0.1, 0.15) is 76.3 Å². The lowest BCUT2D eigenvalue weighted by Crippen LogP contribution is -2.16. The molecule has 1 atom stereocenters. The minimum Gasteiger partial charge on any atom is -0.0688 e. The van der Waals surface area contributed by atoms with Crippen molar-refractivity contribution in [3.05, 3.63) is 64.2 Å². The minimum absolute atomic E-state index is 0.136. The van der Waals surface area contributed by atoms with Crippen LogP contribution < -0.4 is 0 Å². The van der Waals surface area contributed by atoms with E-state index in [1.165, 1.54) is 39.0 Å². The van der Waals surface area contributed by atoms with Crippen molar-refractivity contribution in [2.24, 2.45) is 0 Å². The summed E-state index contributed by atoms with van der Waals surface area (Å²) >= 11 is 0. The molecule has 0 aromatic heterocycles. The molecule has 0 saturated heterocycles. The van der Waals surface area contributed by atoms with Crippen molar-refractivity contribution < 1.29 is 0 Å². The van der Waals surface area contributed by atoms with Gasteiger partial charge in [0.2, 0.25) is 0 Å². The van der Waals surface area contributed by atoms with Crippen molar-refractivity contribution >= 4 is 16.3 Å². The zero-order chi connectivity index (χ0) is 18.6. The van der Waals surface area contributed by atoms with E-state index in [4.69, 9.17) is 0 Å². The zero-order valence-corrected chi connectivity index (χ0v) is 17.6. The van der Waals surface area contributed by atoms with Gasteiger partial charge in [-0.3, -0.25) is 0 Å². The van der Waals surface area contributed by atoms with Crippen molar-refractivity contribution in [3.63, 3.8) is 0 Å². The molecule has 3 radical (unpaired) electrons. The Bertz CT molecular complexity index is 809. The van der Waals surface area contributed by atoms with Gasteiger partial charge in [0.1, 0.15) is 0 Å². The SMILES string of the molecule is CC1=Cc2c(-c3cc(C(C)(C)C)cc(C(C)(C)C)c3)cccc2C1[Si]. The van der Waals surface area contributed by atoms with E-state index in [-0.39, 0.29) is 10.8 Å². The average molecular weight is 346 g/mol. The van der Waals surface area contributed by atoms with Crippen molar-refractivity contribution in [3.8, 4) is 11.1 Å². The first-order valence-corrected chi connectivity index (χ1v) is 9.75. The molecule has 1 unspecified atom stereocenters. The van der Waals surface area contributed by atoms with Crippen LogP contribution in [-0.2, 0) is 10.8 Å². The Balaban J connectivity index is 2.26. The van der Waals surface area contributed by atoms with E-state index in [0.717, 1.165) is 0 Å². The monoisotopic (exact) mass is 345 g/mol. The lowest BCUT2D eigenvalue weighted by atomic mass is 9.78. The second-order valence-corrected chi connectivity index (χ2v) is 10.0. The molecule has 1 aliphatic rings. The maximum Gasteiger partial charge on any atom is 0.0392 e. The lowest BCUT2D eigenvalue weighted by Gasteiger charge is -2.26. The van der Waals surface area contributed by atoms with E-state index in [1.807, 2.05) is 0 Å². The van der Waals surface area contributed by atoms with Crippen molar-refractivity contribution in [2.45, 2.75) is 64.8 Å². The Morgan fingerprint density at radius 1 is 0.840 bits per heavy atom. The Hall–Kier alpha value is -1.60. The first-order chi connectivity index (χ1) is 11.5. The molecule has 0 spiro atoms. The number of benzene rings is 2. The first kappa shape index (κ1) is 18.2. The van der Waals surface area contributed by atoms with Gasteiger partial charge in [-0.15, -0.1) is 0 Å². The summed E-state index contributed by atoms with van der Waals surface area (Å²) in [4.78, 5) is 0. The number of hydrogen-bond donors (Lipinski definition) is 0. The predicted molar refractivity (Wildman–Crippen MR) is 111 cm³/mol. The quantitative estimate of drug-likeness (QED) is 0.512. The largest absolute Gasteiger partial charge is 0.0688 e. The molecule has 2 aromatic carbocycles. The molecular weight excluding hydrogens is 316 g/mol. The van der Waals surface area contributed by atoms with Crippen molar-refractivity contribution in [1.82, 2.24) is 0 Å². The second kappa shape index (κ2) is 5.98. The molecule has 0 N–H and O–H groups in total. The fraction of sp³-hybridized carbons (Fsp3) is 0.417.